The molecule has 1 atom stereocenters. The van der Waals surface area contributed by atoms with E-state index in [1.165, 1.54) is 21.9 Å². The fourth-order valence-electron chi connectivity index (χ4n) is 4.18. The highest BCUT2D eigenvalue weighted by atomic mass is 32.1. The molecule has 2 heterocycles. The molecule has 0 spiro atoms. The molecule has 0 radical (unpaired) electrons. The predicted octanol–water partition coefficient (Wildman–Crippen LogP) is 4.88. The van der Waals surface area contributed by atoms with Gasteiger partial charge in [-0.2, -0.15) is 0 Å². The number of carboxylic acids is 2. The highest BCUT2D eigenvalue weighted by Gasteiger charge is 2.17. The van der Waals surface area contributed by atoms with Crippen molar-refractivity contribution in [3.05, 3.63) is 83.5 Å². The lowest BCUT2D eigenvalue weighted by molar-refractivity contribution is -0.159. The number of thiophene rings is 1. The molecule has 1 aliphatic heterocycles. The van der Waals surface area contributed by atoms with Crippen molar-refractivity contribution in [1.82, 2.24) is 4.90 Å². The Kier molecular flexibility index (Phi) is 8.50. The van der Waals surface area contributed by atoms with Crippen LogP contribution in [0.4, 0.5) is 4.39 Å². The van der Waals surface area contributed by atoms with E-state index in [1.807, 2.05) is 24.3 Å². The van der Waals surface area contributed by atoms with Crippen LogP contribution in [0.5, 0.6) is 5.75 Å². The Labute approximate surface area is 216 Å². The summed E-state index contributed by atoms with van der Waals surface area (Å²) in [5.74, 6) is -3.03. The summed E-state index contributed by atoms with van der Waals surface area (Å²) in [5, 5.41) is 30.4. The summed E-state index contributed by atoms with van der Waals surface area (Å²) in [7, 11) is 0. The molecule has 0 saturated heterocycles. The first-order valence-corrected chi connectivity index (χ1v) is 12.5. The van der Waals surface area contributed by atoms with Crippen LogP contribution in [0.25, 0.3) is 26.4 Å². The van der Waals surface area contributed by atoms with Crippen molar-refractivity contribution >= 4 is 49.7 Å². The molecule has 0 fully saturated rings. The molecule has 0 aliphatic carbocycles. The van der Waals surface area contributed by atoms with Crippen LogP contribution >= 0.6 is 11.3 Å². The van der Waals surface area contributed by atoms with E-state index in [1.54, 1.807) is 17.4 Å². The Morgan fingerprint density at radius 1 is 1.03 bits per heavy atom. The molecule has 0 bridgehead atoms. The highest BCUT2D eigenvalue weighted by molar-refractivity contribution is 7.17. The summed E-state index contributed by atoms with van der Waals surface area (Å²) in [6.45, 7) is 2.56. The predicted molar refractivity (Wildman–Crippen MR) is 142 cm³/mol. The average Bonchev–Trinajstić information content (AvgIpc) is 3.38. The molecule has 0 unspecified atom stereocenters. The molecule has 7 nitrogen and oxygen atoms in total. The van der Waals surface area contributed by atoms with E-state index in [0.717, 1.165) is 41.4 Å². The highest BCUT2D eigenvalue weighted by Crippen LogP contribution is 2.30. The molecule has 5 rings (SSSR count). The van der Waals surface area contributed by atoms with Gasteiger partial charge < -0.3 is 20.1 Å². The third-order valence-electron chi connectivity index (χ3n) is 6.01. The van der Waals surface area contributed by atoms with Gasteiger partial charge in [-0.1, -0.05) is 30.3 Å². The number of carbonyl (C=O) groups is 2. The number of halogens is 1. The molecule has 0 amide bonds. The molecular formula is C28H26FNO6S. The molecule has 1 aromatic heterocycles. The zero-order valence-electron chi connectivity index (χ0n) is 19.8. The SMILES string of the molecule is O=C(O)C(=O)O.O[C@H](COc1cccc2sccc12)CN1CC=C(c2ccc3cc(F)ccc3c2)CC1. The van der Waals surface area contributed by atoms with Crippen molar-refractivity contribution < 1.29 is 34.0 Å². The van der Waals surface area contributed by atoms with E-state index < -0.39 is 18.0 Å². The van der Waals surface area contributed by atoms with Gasteiger partial charge in [0.15, 0.2) is 0 Å². The number of hydrogen-bond donors (Lipinski definition) is 3. The van der Waals surface area contributed by atoms with Gasteiger partial charge in [-0.25, -0.2) is 14.0 Å². The number of aliphatic hydroxyl groups excluding tert-OH is 1. The van der Waals surface area contributed by atoms with E-state index in [9.17, 15) is 9.50 Å². The number of β-amino-alcohol motifs (C(OH)–C–C–N with tert-alkyl or cyclic N) is 1. The monoisotopic (exact) mass is 523 g/mol. The van der Waals surface area contributed by atoms with Gasteiger partial charge in [-0.15, -0.1) is 11.3 Å². The second-order valence-electron chi connectivity index (χ2n) is 8.61. The lowest BCUT2D eigenvalue weighted by Gasteiger charge is -2.28. The number of fused-ring (bicyclic) bond motifs is 2. The normalized spacial score (nSPS) is 14.5. The Morgan fingerprint density at radius 3 is 2.51 bits per heavy atom. The van der Waals surface area contributed by atoms with E-state index in [4.69, 9.17) is 24.5 Å². The zero-order valence-corrected chi connectivity index (χ0v) is 20.7. The molecular weight excluding hydrogens is 497 g/mol. The van der Waals surface area contributed by atoms with Crippen molar-refractivity contribution in [2.75, 3.05) is 26.2 Å². The molecule has 1 aliphatic rings. The van der Waals surface area contributed by atoms with Gasteiger partial charge in [0.2, 0.25) is 0 Å². The van der Waals surface area contributed by atoms with Crippen molar-refractivity contribution in [2.45, 2.75) is 12.5 Å². The van der Waals surface area contributed by atoms with Gasteiger partial charge in [0.1, 0.15) is 24.3 Å². The minimum absolute atomic E-state index is 0.206. The summed E-state index contributed by atoms with van der Waals surface area (Å²) in [4.78, 5) is 20.4. The zero-order chi connectivity index (χ0) is 26.4. The number of benzene rings is 3. The lowest BCUT2D eigenvalue weighted by atomic mass is 9.96. The Balaban J connectivity index is 0.000000480. The second-order valence-corrected chi connectivity index (χ2v) is 9.56. The molecule has 3 aromatic carbocycles. The van der Waals surface area contributed by atoms with Crippen LogP contribution < -0.4 is 4.74 Å². The number of carboxylic acid groups (broad SMARTS) is 2. The first-order chi connectivity index (χ1) is 17.8. The fourth-order valence-corrected chi connectivity index (χ4v) is 4.99. The van der Waals surface area contributed by atoms with Crippen molar-refractivity contribution in [2.24, 2.45) is 0 Å². The maximum Gasteiger partial charge on any atom is 0.414 e. The van der Waals surface area contributed by atoms with Crippen LogP contribution in [-0.2, 0) is 9.59 Å². The van der Waals surface area contributed by atoms with Crippen molar-refractivity contribution in [1.29, 1.82) is 0 Å². The quantitative estimate of drug-likeness (QED) is 0.309. The van der Waals surface area contributed by atoms with Crippen molar-refractivity contribution in [3.63, 3.8) is 0 Å². The maximum absolute atomic E-state index is 13.4. The van der Waals surface area contributed by atoms with E-state index >= 15 is 0 Å². The van der Waals surface area contributed by atoms with Crippen LogP contribution in [0.2, 0.25) is 0 Å². The van der Waals surface area contributed by atoms with Crippen LogP contribution in [0.3, 0.4) is 0 Å². The lowest BCUT2D eigenvalue weighted by Crippen LogP contribution is -2.38. The average molecular weight is 524 g/mol. The largest absolute Gasteiger partial charge is 0.490 e. The minimum atomic E-state index is -1.82. The van der Waals surface area contributed by atoms with E-state index in [2.05, 4.69) is 40.6 Å². The van der Waals surface area contributed by atoms with Gasteiger partial charge in [-0.05, 0) is 70.1 Å². The summed E-state index contributed by atoms with van der Waals surface area (Å²) in [6.07, 6.45) is 2.61. The summed E-state index contributed by atoms with van der Waals surface area (Å²) in [6, 6.07) is 19.2. The maximum atomic E-state index is 13.4. The number of ether oxygens (including phenoxy) is 1. The number of aliphatic hydroxyl groups is 1. The smallest absolute Gasteiger partial charge is 0.414 e. The van der Waals surface area contributed by atoms with Crippen LogP contribution in [0, 0.1) is 5.82 Å². The molecule has 37 heavy (non-hydrogen) atoms. The van der Waals surface area contributed by atoms with Crippen molar-refractivity contribution in [3.8, 4) is 5.75 Å². The fraction of sp³-hybridized carbons (Fsp3) is 0.214. The Morgan fingerprint density at radius 2 is 1.78 bits per heavy atom. The first-order valence-electron chi connectivity index (χ1n) is 11.6. The Hall–Kier alpha value is -3.79. The number of hydrogen-bond acceptors (Lipinski definition) is 6. The van der Waals surface area contributed by atoms with Gasteiger partial charge in [0.25, 0.3) is 0 Å². The summed E-state index contributed by atoms with van der Waals surface area (Å²) in [5.41, 5.74) is 2.49. The summed E-state index contributed by atoms with van der Waals surface area (Å²) < 4.78 is 20.5. The van der Waals surface area contributed by atoms with E-state index in [-0.39, 0.29) is 12.4 Å². The van der Waals surface area contributed by atoms with Gasteiger partial charge in [-0.3, -0.25) is 4.90 Å². The summed E-state index contributed by atoms with van der Waals surface area (Å²) >= 11 is 1.69. The molecule has 9 heteroatoms. The van der Waals surface area contributed by atoms with Crippen LogP contribution in [0.15, 0.2) is 72.1 Å². The van der Waals surface area contributed by atoms with Crippen LogP contribution in [0.1, 0.15) is 12.0 Å². The van der Waals surface area contributed by atoms with E-state index in [0.29, 0.717) is 6.54 Å². The Bertz CT molecular complexity index is 1440. The van der Waals surface area contributed by atoms with Gasteiger partial charge in [0.05, 0.1) is 0 Å². The first kappa shape index (κ1) is 26.3. The van der Waals surface area contributed by atoms with Gasteiger partial charge in [0, 0.05) is 29.7 Å². The number of rotatable bonds is 6. The topological polar surface area (TPSA) is 107 Å². The van der Waals surface area contributed by atoms with Gasteiger partial charge >= 0.3 is 11.9 Å². The molecule has 4 aromatic rings. The standard InChI is InChI=1S/C26H24FNO2S.C2H2O4/c27-22-7-6-20-14-19(4-5-21(20)15-22)18-8-11-28(12-9-18)16-23(29)17-30-25-2-1-3-26-24(25)10-13-31-26;3-1(4)2(5)6/h1-8,10,13-15,23,29H,9,11-12,16-17H2;(H,3,4)(H,5,6)/t23-;/m0./s1. The molecule has 192 valence electrons. The third kappa shape index (κ3) is 6.91. The number of aliphatic carboxylic acids is 2. The molecule has 3 N–H and O–H groups in total. The minimum Gasteiger partial charge on any atom is -0.490 e. The number of nitrogens with zero attached hydrogens (tertiary/aromatic N) is 1. The van der Waals surface area contributed by atoms with Crippen LogP contribution in [-0.4, -0.2) is 64.5 Å². The third-order valence-corrected chi connectivity index (χ3v) is 6.89. The second kappa shape index (κ2) is 12.0. The molecule has 0 saturated carbocycles.